The minimum atomic E-state index is -0.549. The summed E-state index contributed by atoms with van der Waals surface area (Å²) in [6.07, 6.45) is 8.34. The monoisotopic (exact) mass is 440 g/mol. The zero-order valence-electron chi connectivity index (χ0n) is 18.7. The molecule has 2 aliphatic heterocycles. The molecule has 1 fully saturated rings. The minimum Gasteiger partial charge on any atom is -0.459 e. The normalized spacial score (nSPS) is 21.3. The van der Waals surface area contributed by atoms with E-state index in [0.717, 1.165) is 55.2 Å². The number of unbranched alkanes of at least 4 members (excludes halogenated alkanes) is 1. The van der Waals surface area contributed by atoms with E-state index in [1.54, 1.807) is 11.5 Å². The number of piperidine rings is 1. The van der Waals surface area contributed by atoms with E-state index in [1.165, 1.54) is 0 Å². The molecular formula is C25H32N2O5. The molecule has 1 saturated heterocycles. The van der Waals surface area contributed by atoms with Gasteiger partial charge in [0.2, 0.25) is 12.2 Å². The van der Waals surface area contributed by atoms with Gasteiger partial charge in [-0.05, 0) is 49.8 Å². The molecule has 1 aromatic carbocycles. The molecule has 172 valence electrons. The third kappa shape index (κ3) is 4.89. The second-order valence-corrected chi connectivity index (χ2v) is 8.57. The van der Waals surface area contributed by atoms with Crippen LogP contribution in [0.4, 0.5) is 0 Å². The molecule has 0 saturated carbocycles. The topological polar surface area (TPSA) is 81.0 Å². The number of aromatic nitrogens is 1. The molecule has 0 unspecified atom stereocenters. The standard InChI is InChI=1S/C25H32N2O5/c1-18(29)27-17-21(20-9-3-4-10-22(20)27)19-15-23(25(30)26-11-5-2-6-12-26)32-24(16-19)31-14-8-7-13-28/h3-4,9-10,15,17,19,24,28H,2,5-8,11-14,16H2,1H3/t19-,24+/m0/s1. The van der Waals surface area contributed by atoms with Crippen LogP contribution in [0.2, 0.25) is 0 Å². The number of hydrogen-bond acceptors (Lipinski definition) is 5. The number of likely N-dealkylation sites (tertiary alicyclic amines) is 1. The fourth-order valence-corrected chi connectivity index (χ4v) is 4.57. The van der Waals surface area contributed by atoms with E-state index >= 15 is 0 Å². The van der Waals surface area contributed by atoms with Crippen molar-refractivity contribution in [3.05, 3.63) is 47.9 Å². The molecule has 0 bridgehead atoms. The van der Waals surface area contributed by atoms with Gasteiger partial charge in [0.1, 0.15) is 0 Å². The molecule has 7 heteroatoms. The largest absolute Gasteiger partial charge is 0.459 e. The van der Waals surface area contributed by atoms with Gasteiger partial charge >= 0.3 is 0 Å². The van der Waals surface area contributed by atoms with Gasteiger partial charge in [-0.2, -0.15) is 0 Å². The highest BCUT2D eigenvalue weighted by atomic mass is 16.7. The molecule has 1 N–H and O–H groups in total. The van der Waals surface area contributed by atoms with Crippen molar-refractivity contribution in [2.75, 3.05) is 26.3 Å². The maximum Gasteiger partial charge on any atom is 0.288 e. The van der Waals surface area contributed by atoms with Crippen molar-refractivity contribution in [2.45, 2.75) is 57.7 Å². The van der Waals surface area contributed by atoms with E-state index < -0.39 is 6.29 Å². The lowest BCUT2D eigenvalue weighted by Gasteiger charge is -2.33. The Morgan fingerprint density at radius 3 is 2.69 bits per heavy atom. The van der Waals surface area contributed by atoms with Gasteiger partial charge in [0.15, 0.2) is 5.76 Å². The Balaban J connectivity index is 1.65. The molecule has 0 aliphatic carbocycles. The molecule has 1 amide bonds. The summed E-state index contributed by atoms with van der Waals surface area (Å²) >= 11 is 0. The predicted octanol–water partition coefficient (Wildman–Crippen LogP) is 3.82. The van der Waals surface area contributed by atoms with Gasteiger partial charge < -0.3 is 19.5 Å². The van der Waals surface area contributed by atoms with Crippen LogP contribution < -0.4 is 0 Å². The number of fused-ring (bicyclic) bond motifs is 1. The van der Waals surface area contributed by atoms with Crippen LogP contribution in [0, 0.1) is 0 Å². The molecule has 32 heavy (non-hydrogen) atoms. The van der Waals surface area contributed by atoms with Gasteiger partial charge in [0, 0.05) is 50.5 Å². The number of aliphatic hydroxyl groups is 1. The Morgan fingerprint density at radius 2 is 1.94 bits per heavy atom. The molecule has 0 radical (unpaired) electrons. The average Bonchev–Trinajstić information content (AvgIpc) is 3.22. The van der Waals surface area contributed by atoms with Crippen LogP contribution in [0.25, 0.3) is 10.9 Å². The van der Waals surface area contributed by atoms with Crippen molar-refractivity contribution in [3.8, 4) is 0 Å². The predicted molar refractivity (Wildman–Crippen MR) is 121 cm³/mol. The van der Waals surface area contributed by atoms with Crippen LogP contribution in [0.1, 0.15) is 61.7 Å². The minimum absolute atomic E-state index is 0.0510. The van der Waals surface area contributed by atoms with Crippen LogP contribution in [0.15, 0.2) is 42.3 Å². The number of allylic oxidation sites excluding steroid dienone is 1. The van der Waals surface area contributed by atoms with Crippen molar-refractivity contribution in [3.63, 3.8) is 0 Å². The molecule has 2 atom stereocenters. The summed E-state index contributed by atoms with van der Waals surface area (Å²) in [7, 11) is 0. The maximum atomic E-state index is 13.2. The first kappa shape index (κ1) is 22.6. The summed E-state index contributed by atoms with van der Waals surface area (Å²) in [5, 5.41) is 10.0. The Morgan fingerprint density at radius 1 is 1.16 bits per heavy atom. The Hall–Kier alpha value is -2.64. The Bertz CT molecular complexity index is 989. The van der Waals surface area contributed by atoms with Crippen molar-refractivity contribution in [1.29, 1.82) is 0 Å². The maximum absolute atomic E-state index is 13.2. The average molecular weight is 441 g/mol. The van der Waals surface area contributed by atoms with Crippen LogP contribution in [0.3, 0.4) is 0 Å². The van der Waals surface area contributed by atoms with E-state index in [9.17, 15) is 9.59 Å². The molecule has 0 spiro atoms. The molecule has 7 nitrogen and oxygen atoms in total. The summed E-state index contributed by atoms with van der Waals surface area (Å²) in [5.74, 6) is 0.0781. The smallest absolute Gasteiger partial charge is 0.288 e. The number of nitrogens with zero attached hydrogens (tertiary/aromatic N) is 2. The van der Waals surface area contributed by atoms with E-state index in [-0.39, 0.29) is 24.3 Å². The molecule has 1 aromatic heterocycles. The van der Waals surface area contributed by atoms with E-state index in [1.807, 2.05) is 41.4 Å². The lowest BCUT2D eigenvalue weighted by Crippen LogP contribution is -2.39. The molecule has 2 aromatic rings. The summed E-state index contributed by atoms with van der Waals surface area (Å²) < 4.78 is 13.6. The number of carbonyl (C=O) groups is 2. The first-order valence-corrected chi connectivity index (χ1v) is 11.6. The van der Waals surface area contributed by atoms with Gasteiger partial charge in [-0.15, -0.1) is 0 Å². The van der Waals surface area contributed by atoms with Crippen LogP contribution in [-0.2, 0) is 14.3 Å². The zero-order chi connectivity index (χ0) is 22.5. The van der Waals surface area contributed by atoms with Crippen molar-refractivity contribution >= 4 is 22.7 Å². The third-order valence-electron chi connectivity index (χ3n) is 6.25. The molecule has 2 aliphatic rings. The van der Waals surface area contributed by atoms with Crippen molar-refractivity contribution in [2.24, 2.45) is 0 Å². The number of amides is 1. The third-order valence-corrected chi connectivity index (χ3v) is 6.25. The highest BCUT2D eigenvalue weighted by molar-refractivity contribution is 5.95. The number of carbonyl (C=O) groups excluding carboxylic acids is 2. The van der Waals surface area contributed by atoms with Crippen LogP contribution in [0.5, 0.6) is 0 Å². The van der Waals surface area contributed by atoms with Gasteiger partial charge in [0.05, 0.1) is 12.1 Å². The fraction of sp³-hybridized carbons (Fsp3) is 0.520. The SMILES string of the molecule is CC(=O)n1cc([C@H]2C=C(C(=O)N3CCCCC3)O[C@@H](OCCCCO)C2)c2ccccc21. The molecular weight excluding hydrogens is 408 g/mol. The van der Waals surface area contributed by atoms with E-state index in [2.05, 4.69) is 0 Å². The number of benzene rings is 1. The highest BCUT2D eigenvalue weighted by Crippen LogP contribution is 2.37. The van der Waals surface area contributed by atoms with E-state index in [0.29, 0.717) is 25.2 Å². The van der Waals surface area contributed by atoms with Gasteiger partial charge in [-0.3, -0.25) is 14.2 Å². The first-order valence-electron chi connectivity index (χ1n) is 11.6. The second-order valence-electron chi connectivity index (χ2n) is 8.57. The molecule has 3 heterocycles. The van der Waals surface area contributed by atoms with Crippen molar-refractivity contribution < 1.29 is 24.2 Å². The second kappa shape index (κ2) is 10.3. The number of rotatable bonds is 7. The van der Waals surface area contributed by atoms with E-state index in [4.69, 9.17) is 14.6 Å². The van der Waals surface area contributed by atoms with Crippen LogP contribution >= 0.6 is 0 Å². The summed E-state index contributed by atoms with van der Waals surface area (Å²) in [4.78, 5) is 27.3. The lowest BCUT2D eigenvalue weighted by molar-refractivity contribution is -0.153. The fourth-order valence-electron chi connectivity index (χ4n) is 4.57. The molecule has 4 rings (SSSR count). The van der Waals surface area contributed by atoms with Crippen LogP contribution in [-0.4, -0.2) is 59.0 Å². The Labute approximate surface area is 188 Å². The number of ether oxygens (including phenoxy) is 2. The Kier molecular flexibility index (Phi) is 7.27. The summed E-state index contributed by atoms with van der Waals surface area (Å²) in [5.41, 5.74) is 1.85. The van der Waals surface area contributed by atoms with Gasteiger partial charge in [-0.25, -0.2) is 0 Å². The van der Waals surface area contributed by atoms with Crippen molar-refractivity contribution in [1.82, 2.24) is 9.47 Å². The summed E-state index contributed by atoms with van der Waals surface area (Å²) in [6.45, 7) is 3.62. The number of aliphatic hydroxyl groups excluding tert-OH is 1. The van der Waals surface area contributed by atoms with Gasteiger partial charge in [0.25, 0.3) is 5.91 Å². The zero-order valence-corrected chi connectivity index (χ0v) is 18.7. The first-order chi connectivity index (χ1) is 15.6. The quantitative estimate of drug-likeness (QED) is 0.662. The number of hydrogen-bond donors (Lipinski definition) is 1. The van der Waals surface area contributed by atoms with Gasteiger partial charge in [-0.1, -0.05) is 18.2 Å². The lowest BCUT2D eigenvalue weighted by atomic mass is 9.92. The highest BCUT2D eigenvalue weighted by Gasteiger charge is 2.32. The summed E-state index contributed by atoms with van der Waals surface area (Å²) in [6, 6.07) is 7.83. The number of para-hydroxylation sites is 1.